The molecule has 3 aromatic rings. The van der Waals surface area contributed by atoms with E-state index in [-0.39, 0.29) is 24.5 Å². The molecule has 28 heavy (non-hydrogen) atoms. The number of hydrogen-bond acceptors (Lipinski definition) is 3. The van der Waals surface area contributed by atoms with Gasteiger partial charge in [0.2, 0.25) is 0 Å². The molecule has 0 bridgehead atoms. The van der Waals surface area contributed by atoms with E-state index >= 15 is 0 Å². The quantitative estimate of drug-likeness (QED) is 0.689. The van der Waals surface area contributed by atoms with E-state index < -0.39 is 11.8 Å². The van der Waals surface area contributed by atoms with Crippen LogP contribution in [0.25, 0.3) is 5.69 Å². The van der Waals surface area contributed by atoms with Crippen LogP contribution >= 0.6 is 0 Å². The fourth-order valence-electron chi connectivity index (χ4n) is 3.00. The predicted molar refractivity (Wildman–Crippen MR) is 103 cm³/mol. The molecule has 8 heteroatoms. The van der Waals surface area contributed by atoms with E-state index in [4.69, 9.17) is 0 Å². The molecule has 7 nitrogen and oxygen atoms in total. The Balaban J connectivity index is 1.43. The summed E-state index contributed by atoms with van der Waals surface area (Å²) in [7, 11) is 0. The van der Waals surface area contributed by atoms with Crippen LogP contribution in [-0.2, 0) is 6.54 Å². The first-order valence-corrected chi connectivity index (χ1v) is 9.18. The first kappa shape index (κ1) is 18.0. The molecule has 1 fully saturated rings. The fraction of sp³-hybridized carbons (Fsp3) is 0.250. The van der Waals surface area contributed by atoms with Crippen LogP contribution in [-0.4, -0.2) is 26.9 Å². The zero-order valence-corrected chi connectivity index (χ0v) is 15.1. The Morgan fingerprint density at radius 3 is 2.54 bits per heavy atom. The SMILES string of the molecule is O=C(NCCn1nc(C2CC2)n(-c2ccccc2)c1=O)Nc1ccccc1F. The molecule has 0 aliphatic heterocycles. The van der Waals surface area contributed by atoms with Crippen LogP contribution < -0.4 is 16.3 Å². The third-order valence-electron chi connectivity index (χ3n) is 4.55. The molecule has 1 aliphatic carbocycles. The number of para-hydroxylation sites is 2. The number of amides is 2. The third-order valence-corrected chi connectivity index (χ3v) is 4.55. The normalized spacial score (nSPS) is 13.3. The van der Waals surface area contributed by atoms with Gasteiger partial charge >= 0.3 is 11.7 Å². The Labute approximate surface area is 160 Å². The van der Waals surface area contributed by atoms with Gasteiger partial charge in [-0.2, -0.15) is 5.10 Å². The Morgan fingerprint density at radius 2 is 1.82 bits per heavy atom. The average molecular weight is 381 g/mol. The van der Waals surface area contributed by atoms with Gasteiger partial charge in [-0.3, -0.25) is 0 Å². The molecule has 2 N–H and O–H groups in total. The summed E-state index contributed by atoms with van der Waals surface area (Å²) in [6.45, 7) is 0.416. The van der Waals surface area contributed by atoms with E-state index in [0.29, 0.717) is 5.92 Å². The number of rotatable bonds is 6. The van der Waals surface area contributed by atoms with E-state index in [9.17, 15) is 14.0 Å². The number of carbonyl (C=O) groups is 1. The van der Waals surface area contributed by atoms with Crippen molar-refractivity contribution in [2.75, 3.05) is 11.9 Å². The van der Waals surface area contributed by atoms with E-state index in [1.165, 1.54) is 16.8 Å². The highest BCUT2D eigenvalue weighted by atomic mass is 19.1. The summed E-state index contributed by atoms with van der Waals surface area (Å²) < 4.78 is 16.6. The van der Waals surface area contributed by atoms with Gasteiger partial charge in [-0.15, -0.1) is 0 Å². The number of halogens is 1. The van der Waals surface area contributed by atoms with Gasteiger partial charge in [-0.05, 0) is 37.1 Å². The summed E-state index contributed by atoms with van der Waals surface area (Å²) in [6, 6.07) is 14.8. The lowest BCUT2D eigenvalue weighted by Crippen LogP contribution is -2.34. The van der Waals surface area contributed by atoms with Gasteiger partial charge in [0.25, 0.3) is 0 Å². The second-order valence-corrected chi connectivity index (χ2v) is 6.67. The number of urea groups is 1. The maximum atomic E-state index is 13.6. The van der Waals surface area contributed by atoms with Crippen LogP contribution in [0.5, 0.6) is 0 Å². The molecule has 4 rings (SSSR count). The Morgan fingerprint density at radius 1 is 1.11 bits per heavy atom. The van der Waals surface area contributed by atoms with Crippen molar-refractivity contribution in [2.45, 2.75) is 25.3 Å². The number of nitrogens with one attached hydrogen (secondary N) is 2. The largest absolute Gasteiger partial charge is 0.350 e. The lowest BCUT2D eigenvalue weighted by molar-refractivity contribution is 0.251. The molecule has 1 aliphatic rings. The Kier molecular flexibility index (Phi) is 4.92. The molecule has 0 spiro atoms. The van der Waals surface area contributed by atoms with Crippen molar-refractivity contribution < 1.29 is 9.18 Å². The number of anilines is 1. The van der Waals surface area contributed by atoms with Crippen molar-refractivity contribution in [3.63, 3.8) is 0 Å². The first-order valence-electron chi connectivity index (χ1n) is 9.18. The molecule has 2 aromatic carbocycles. The molecule has 144 valence electrons. The number of benzene rings is 2. The van der Waals surface area contributed by atoms with Crippen LogP contribution in [0.2, 0.25) is 0 Å². The zero-order chi connectivity index (χ0) is 19.5. The Hall–Kier alpha value is -3.42. The molecule has 0 atom stereocenters. The van der Waals surface area contributed by atoms with Crippen molar-refractivity contribution in [3.8, 4) is 5.69 Å². The van der Waals surface area contributed by atoms with Crippen molar-refractivity contribution in [1.29, 1.82) is 0 Å². The lowest BCUT2D eigenvalue weighted by atomic mass is 10.3. The van der Waals surface area contributed by atoms with E-state index in [0.717, 1.165) is 24.4 Å². The van der Waals surface area contributed by atoms with Gasteiger partial charge in [0.05, 0.1) is 17.9 Å². The minimum atomic E-state index is -0.539. The predicted octanol–water partition coefficient (Wildman–Crippen LogP) is 2.87. The molecular weight excluding hydrogens is 361 g/mol. The third kappa shape index (κ3) is 3.80. The summed E-state index contributed by atoms with van der Waals surface area (Å²) in [6.07, 6.45) is 2.04. The minimum Gasteiger partial charge on any atom is -0.336 e. The topological polar surface area (TPSA) is 81.0 Å². The summed E-state index contributed by atoms with van der Waals surface area (Å²) in [4.78, 5) is 24.8. The monoisotopic (exact) mass is 381 g/mol. The van der Waals surface area contributed by atoms with Gasteiger partial charge < -0.3 is 10.6 Å². The average Bonchev–Trinajstić information content (AvgIpc) is 3.49. The summed E-state index contributed by atoms with van der Waals surface area (Å²) in [5.41, 5.74) is 0.650. The summed E-state index contributed by atoms with van der Waals surface area (Å²) >= 11 is 0. The van der Waals surface area contributed by atoms with Crippen molar-refractivity contribution in [2.24, 2.45) is 0 Å². The van der Waals surface area contributed by atoms with Crippen molar-refractivity contribution in [3.05, 3.63) is 76.7 Å². The van der Waals surface area contributed by atoms with Gasteiger partial charge in [-0.25, -0.2) is 23.2 Å². The van der Waals surface area contributed by atoms with Crippen LogP contribution in [0.3, 0.4) is 0 Å². The zero-order valence-electron chi connectivity index (χ0n) is 15.1. The molecule has 1 aromatic heterocycles. The van der Waals surface area contributed by atoms with Crippen LogP contribution in [0.1, 0.15) is 24.6 Å². The Bertz CT molecular complexity index is 1040. The summed E-state index contributed by atoms with van der Waals surface area (Å²) in [5, 5.41) is 9.54. The van der Waals surface area contributed by atoms with E-state index in [1.54, 1.807) is 16.7 Å². The van der Waals surface area contributed by atoms with Crippen molar-refractivity contribution in [1.82, 2.24) is 19.7 Å². The number of hydrogen-bond donors (Lipinski definition) is 2. The van der Waals surface area contributed by atoms with Gasteiger partial charge in [-0.1, -0.05) is 30.3 Å². The highest BCUT2D eigenvalue weighted by Crippen LogP contribution is 2.39. The van der Waals surface area contributed by atoms with Crippen LogP contribution in [0.4, 0.5) is 14.9 Å². The minimum absolute atomic E-state index is 0.0987. The van der Waals surface area contributed by atoms with Gasteiger partial charge in [0.1, 0.15) is 11.6 Å². The second kappa shape index (κ2) is 7.67. The smallest absolute Gasteiger partial charge is 0.336 e. The van der Waals surface area contributed by atoms with Gasteiger partial charge in [0, 0.05) is 12.5 Å². The maximum Gasteiger partial charge on any atom is 0.350 e. The first-order chi connectivity index (χ1) is 13.6. The highest BCUT2D eigenvalue weighted by Gasteiger charge is 2.31. The van der Waals surface area contributed by atoms with Crippen LogP contribution in [0, 0.1) is 5.82 Å². The number of aromatic nitrogens is 3. The van der Waals surface area contributed by atoms with Gasteiger partial charge in [0.15, 0.2) is 0 Å². The number of carbonyl (C=O) groups excluding carboxylic acids is 1. The standard InChI is InChI=1S/C20H20FN5O2/c21-16-8-4-5-9-17(16)23-19(27)22-12-13-25-20(28)26(15-6-2-1-3-7-15)18(24-25)14-10-11-14/h1-9,14H,10-13H2,(H2,22,23,27). The maximum absolute atomic E-state index is 13.6. The molecular formula is C20H20FN5O2. The molecule has 1 heterocycles. The second-order valence-electron chi connectivity index (χ2n) is 6.67. The number of nitrogens with zero attached hydrogens (tertiary/aromatic N) is 3. The molecule has 2 amide bonds. The van der Waals surface area contributed by atoms with Crippen LogP contribution in [0.15, 0.2) is 59.4 Å². The molecule has 0 unspecified atom stereocenters. The fourth-order valence-corrected chi connectivity index (χ4v) is 3.00. The lowest BCUT2D eigenvalue weighted by Gasteiger charge is -2.08. The highest BCUT2D eigenvalue weighted by molar-refractivity contribution is 5.89. The summed E-state index contributed by atoms with van der Waals surface area (Å²) in [5.74, 6) is 0.544. The van der Waals surface area contributed by atoms with E-state index in [1.807, 2.05) is 30.3 Å². The molecule has 0 radical (unpaired) electrons. The molecule has 0 saturated heterocycles. The van der Waals surface area contributed by atoms with Crippen molar-refractivity contribution >= 4 is 11.7 Å². The van der Waals surface area contributed by atoms with E-state index in [2.05, 4.69) is 15.7 Å². The molecule has 1 saturated carbocycles.